The second-order valence-electron chi connectivity index (χ2n) is 10.8. The predicted molar refractivity (Wildman–Crippen MR) is 157 cm³/mol. The number of ether oxygens (including phenoxy) is 1. The second kappa shape index (κ2) is 11.6. The number of halogens is 1. The number of nitrogens with zero attached hydrogens (tertiary/aromatic N) is 1. The molecule has 42 heavy (non-hydrogen) atoms. The van der Waals surface area contributed by atoms with Gasteiger partial charge >= 0.3 is 5.97 Å². The van der Waals surface area contributed by atoms with Gasteiger partial charge in [-0.2, -0.15) is 0 Å². The van der Waals surface area contributed by atoms with Gasteiger partial charge in [0, 0.05) is 25.6 Å². The van der Waals surface area contributed by atoms with Gasteiger partial charge in [0.2, 0.25) is 5.91 Å². The summed E-state index contributed by atoms with van der Waals surface area (Å²) >= 11 is 0. The molecule has 1 aliphatic carbocycles. The fourth-order valence-electron chi connectivity index (χ4n) is 5.95. The molecule has 4 aromatic rings. The molecule has 0 unspecified atom stereocenters. The summed E-state index contributed by atoms with van der Waals surface area (Å²) in [6.07, 6.45) is 1.38. The van der Waals surface area contributed by atoms with Crippen LogP contribution < -0.4 is 5.32 Å². The van der Waals surface area contributed by atoms with Crippen molar-refractivity contribution in [1.29, 1.82) is 0 Å². The van der Waals surface area contributed by atoms with Crippen LogP contribution in [-0.4, -0.2) is 36.3 Å². The zero-order chi connectivity index (χ0) is 29.2. The predicted octanol–water partition coefficient (Wildman–Crippen LogP) is 5.90. The van der Waals surface area contributed by atoms with E-state index >= 15 is 0 Å². The third-order valence-corrected chi connectivity index (χ3v) is 8.30. The summed E-state index contributed by atoms with van der Waals surface area (Å²) in [6, 6.07) is 27.3. The zero-order valence-electron chi connectivity index (χ0n) is 23.3. The molecule has 2 amide bonds. The number of carbonyl (C=O) groups is 3. The monoisotopic (exact) mass is 562 g/mol. The topological polar surface area (TPSA) is 75.7 Å². The first-order chi connectivity index (χ1) is 20.4. The third-order valence-electron chi connectivity index (χ3n) is 8.30. The average Bonchev–Trinajstić information content (AvgIpc) is 3.84. The maximum atomic E-state index is 14.5. The van der Waals surface area contributed by atoms with Crippen molar-refractivity contribution in [2.75, 3.05) is 13.7 Å². The summed E-state index contributed by atoms with van der Waals surface area (Å²) < 4.78 is 19.4. The van der Waals surface area contributed by atoms with E-state index in [4.69, 9.17) is 4.74 Å². The van der Waals surface area contributed by atoms with Crippen molar-refractivity contribution in [1.82, 2.24) is 10.2 Å². The summed E-state index contributed by atoms with van der Waals surface area (Å²) in [7, 11) is 1.35. The van der Waals surface area contributed by atoms with Crippen LogP contribution in [0.25, 0.3) is 11.1 Å². The maximum Gasteiger partial charge on any atom is 0.337 e. The molecule has 1 fully saturated rings. The van der Waals surface area contributed by atoms with E-state index in [2.05, 4.69) is 17.4 Å². The van der Waals surface area contributed by atoms with E-state index < -0.39 is 11.8 Å². The Kier molecular flexibility index (Phi) is 7.57. The van der Waals surface area contributed by atoms with Crippen LogP contribution >= 0.6 is 0 Å². The Morgan fingerprint density at radius 2 is 1.71 bits per heavy atom. The molecule has 0 spiro atoms. The maximum absolute atomic E-state index is 14.5. The SMILES string of the molecule is COC(=O)c1cccc(-c2ccc(CNC(=O)[C@H]3C[C@H]3c3ccccc3)c3c2CCN(C(=O)c2ccccc2F)C3)c1. The first-order valence-electron chi connectivity index (χ1n) is 14.1. The lowest BCUT2D eigenvalue weighted by atomic mass is 9.87. The number of amides is 2. The fraction of sp³-hybridized carbons (Fsp3) is 0.229. The molecule has 0 aromatic heterocycles. The van der Waals surface area contributed by atoms with Crippen molar-refractivity contribution >= 4 is 17.8 Å². The van der Waals surface area contributed by atoms with Crippen molar-refractivity contribution < 1.29 is 23.5 Å². The smallest absolute Gasteiger partial charge is 0.337 e. The van der Waals surface area contributed by atoms with Crippen molar-refractivity contribution in [3.8, 4) is 11.1 Å². The minimum absolute atomic E-state index is 0.0163. The Morgan fingerprint density at radius 3 is 2.50 bits per heavy atom. The number of benzene rings is 4. The number of hydrogen-bond donors (Lipinski definition) is 1. The lowest BCUT2D eigenvalue weighted by Gasteiger charge is -2.32. The fourth-order valence-corrected chi connectivity index (χ4v) is 5.95. The molecule has 1 aliphatic heterocycles. The van der Waals surface area contributed by atoms with E-state index in [0.717, 1.165) is 34.2 Å². The van der Waals surface area contributed by atoms with E-state index in [9.17, 15) is 18.8 Å². The van der Waals surface area contributed by atoms with Crippen molar-refractivity contribution in [3.63, 3.8) is 0 Å². The van der Waals surface area contributed by atoms with Crippen molar-refractivity contribution in [3.05, 3.63) is 130 Å². The Balaban J connectivity index is 1.29. The number of carbonyl (C=O) groups excluding carboxylic acids is 3. The minimum Gasteiger partial charge on any atom is -0.465 e. The largest absolute Gasteiger partial charge is 0.465 e. The lowest BCUT2D eigenvalue weighted by molar-refractivity contribution is -0.122. The van der Waals surface area contributed by atoms with Gasteiger partial charge in [-0.05, 0) is 76.4 Å². The van der Waals surface area contributed by atoms with Gasteiger partial charge in [-0.1, -0.05) is 66.7 Å². The summed E-state index contributed by atoms with van der Waals surface area (Å²) in [5.74, 6) is -1.13. The molecule has 0 radical (unpaired) electrons. The van der Waals surface area contributed by atoms with Gasteiger partial charge in [-0.3, -0.25) is 9.59 Å². The summed E-state index contributed by atoms with van der Waals surface area (Å²) in [4.78, 5) is 40.3. The lowest BCUT2D eigenvalue weighted by Crippen LogP contribution is -2.37. The molecule has 212 valence electrons. The highest BCUT2D eigenvalue weighted by Crippen LogP contribution is 2.47. The van der Waals surface area contributed by atoms with E-state index in [1.165, 1.54) is 24.8 Å². The standard InChI is InChI=1S/C35H31FN2O4/c1-42-35(41)24-11-7-10-23(18-24)26-15-14-25(20-37-33(39)30-19-29(30)22-8-3-2-4-9-22)31-21-38(17-16-27(26)31)34(40)28-12-5-6-13-32(28)36/h2-15,18,29-30H,16-17,19-21H2,1H3,(H,37,39)/t29-,30-/m0/s1. The van der Waals surface area contributed by atoms with Crippen LogP contribution in [-0.2, 0) is 29.0 Å². The van der Waals surface area contributed by atoms with Gasteiger partial charge in [-0.25, -0.2) is 9.18 Å². The number of nitrogens with one attached hydrogen (secondary N) is 1. The molecule has 1 saturated carbocycles. The van der Waals surface area contributed by atoms with E-state index in [1.54, 1.807) is 29.2 Å². The van der Waals surface area contributed by atoms with Crippen LogP contribution in [0.2, 0.25) is 0 Å². The van der Waals surface area contributed by atoms with Crippen LogP contribution in [0.15, 0.2) is 91.0 Å². The number of fused-ring (bicyclic) bond motifs is 1. The third kappa shape index (κ3) is 5.42. The highest BCUT2D eigenvalue weighted by Gasteiger charge is 2.43. The molecule has 4 aromatic carbocycles. The van der Waals surface area contributed by atoms with Crippen LogP contribution in [0, 0.1) is 11.7 Å². The second-order valence-corrected chi connectivity index (χ2v) is 10.8. The first kappa shape index (κ1) is 27.4. The minimum atomic E-state index is -0.549. The molecule has 2 atom stereocenters. The highest BCUT2D eigenvalue weighted by molar-refractivity contribution is 5.95. The molecule has 0 bridgehead atoms. The van der Waals surface area contributed by atoms with Gasteiger partial charge in [-0.15, -0.1) is 0 Å². The Morgan fingerprint density at radius 1 is 0.929 bits per heavy atom. The van der Waals surface area contributed by atoms with E-state index in [-0.39, 0.29) is 35.8 Å². The molecular weight excluding hydrogens is 531 g/mol. The Labute approximate surface area is 244 Å². The van der Waals surface area contributed by atoms with Crippen LogP contribution in [0.3, 0.4) is 0 Å². The summed E-state index contributed by atoms with van der Waals surface area (Å²) in [5, 5.41) is 3.12. The van der Waals surface area contributed by atoms with Gasteiger partial charge in [0.15, 0.2) is 0 Å². The number of methoxy groups -OCH3 is 1. The zero-order valence-corrected chi connectivity index (χ0v) is 23.3. The van der Waals surface area contributed by atoms with Gasteiger partial charge in [0.25, 0.3) is 5.91 Å². The Hall–Kier alpha value is -4.78. The summed E-state index contributed by atoms with van der Waals surface area (Å²) in [5.41, 5.74) is 6.38. The van der Waals surface area contributed by atoms with Crippen LogP contribution in [0.4, 0.5) is 4.39 Å². The van der Waals surface area contributed by atoms with Gasteiger partial charge in [0.05, 0.1) is 18.2 Å². The number of rotatable bonds is 7. The summed E-state index contributed by atoms with van der Waals surface area (Å²) in [6.45, 7) is 1.03. The molecule has 6 rings (SSSR count). The molecular formula is C35H31FN2O4. The quantitative estimate of drug-likeness (QED) is 0.285. The van der Waals surface area contributed by atoms with Gasteiger partial charge < -0.3 is 15.0 Å². The molecule has 1 N–H and O–H groups in total. The normalized spacial score (nSPS) is 17.2. The average molecular weight is 563 g/mol. The molecule has 1 heterocycles. The number of esters is 1. The van der Waals surface area contributed by atoms with Crippen LogP contribution in [0.5, 0.6) is 0 Å². The Bertz CT molecular complexity index is 1670. The van der Waals surface area contributed by atoms with Crippen molar-refractivity contribution in [2.24, 2.45) is 5.92 Å². The molecule has 7 heteroatoms. The van der Waals surface area contributed by atoms with Crippen LogP contribution in [0.1, 0.15) is 55.3 Å². The van der Waals surface area contributed by atoms with E-state index in [0.29, 0.717) is 25.1 Å². The first-order valence-corrected chi connectivity index (χ1v) is 14.1. The van der Waals surface area contributed by atoms with Crippen molar-refractivity contribution in [2.45, 2.75) is 31.8 Å². The molecule has 6 nitrogen and oxygen atoms in total. The van der Waals surface area contributed by atoms with E-state index in [1.807, 2.05) is 42.5 Å². The van der Waals surface area contributed by atoms with Gasteiger partial charge in [0.1, 0.15) is 5.82 Å². The highest BCUT2D eigenvalue weighted by atomic mass is 19.1. The molecule has 2 aliphatic rings. The number of hydrogen-bond acceptors (Lipinski definition) is 4. The molecule has 0 saturated heterocycles.